The Morgan fingerprint density at radius 1 is 1.32 bits per heavy atom. The fourth-order valence-electron chi connectivity index (χ4n) is 1.19. The molecule has 0 radical (unpaired) electrons. The van der Waals surface area contributed by atoms with Crippen LogP contribution < -0.4 is 10.1 Å². The van der Waals surface area contributed by atoms with E-state index < -0.39 is 12.0 Å². The van der Waals surface area contributed by atoms with Gasteiger partial charge in [-0.2, -0.15) is 23.1 Å². The number of halogens is 3. The number of anilines is 1. The molecule has 0 spiro atoms. The van der Waals surface area contributed by atoms with Crippen molar-refractivity contribution in [2.24, 2.45) is 7.05 Å². The maximum atomic E-state index is 12.6. The van der Waals surface area contributed by atoms with E-state index in [4.69, 9.17) is 4.74 Å². The number of rotatable bonds is 3. The lowest BCUT2D eigenvalue weighted by Crippen LogP contribution is -2.13. The first-order valence-electron chi connectivity index (χ1n) is 5.06. The molecular formula is C9H9F3N6O. The molecule has 0 aromatic carbocycles. The molecule has 0 aliphatic rings. The van der Waals surface area contributed by atoms with Crippen molar-refractivity contribution in [3.8, 4) is 11.9 Å². The zero-order valence-corrected chi connectivity index (χ0v) is 9.93. The van der Waals surface area contributed by atoms with Crippen molar-refractivity contribution in [2.75, 3.05) is 12.4 Å². The predicted molar refractivity (Wildman–Crippen MR) is 57.7 cm³/mol. The molecule has 2 aromatic rings. The van der Waals surface area contributed by atoms with Gasteiger partial charge in [0.1, 0.15) is 12.1 Å². The van der Waals surface area contributed by atoms with E-state index in [0.29, 0.717) is 0 Å². The van der Waals surface area contributed by atoms with E-state index in [9.17, 15) is 13.2 Å². The van der Waals surface area contributed by atoms with Crippen molar-refractivity contribution >= 4 is 5.82 Å². The van der Waals surface area contributed by atoms with Gasteiger partial charge in [-0.25, -0.2) is 4.98 Å². The molecule has 0 fully saturated rings. The molecule has 2 heterocycles. The van der Waals surface area contributed by atoms with Crippen molar-refractivity contribution in [3.63, 3.8) is 0 Å². The van der Waals surface area contributed by atoms with Gasteiger partial charge < -0.3 is 10.1 Å². The zero-order valence-electron chi connectivity index (χ0n) is 9.93. The number of hydrogen-bond acceptors (Lipinski definition) is 6. The number of hydrogen-bond donors (Lipinski definition) is 1. The topological polar surface area (TPSA) is 77.8 Å². The molecule has 2 aromatic heterocycles. The highest BCUT2D eigenvalue weighted by Crippen LogP contribution is 2.29. The Morgan fingerprint density at radius 2 is 2.05 bits per heavy atom. The Hall–Kier alpha value is -2.39. The van der Waals surface area contributed by atoms with Gasteiger partial charge in [0, 0.05) is 20.2 Å². The van der Waals surface area contributed by atoms with E-state index in [0.717, 1.165) is 0 Å². The molecule has 0 unspecified atom stereocenters. The lowest BCUT2D eigenvalue weighted by Gasteiger charge is -2.09. The molecule has 0 atom stereocenters. The van der Waals surface area contributed by atoms with Crippen LogP contribution in [0.4, 0.5) is 19.0 Å². The molecule has 0 amide bonds. The molecule has 0 aliphatic heterocycles. The molecule has 0 bridgehead atoms. The fraction of sp³-hybridized carbons (Fsp3) is 0.333. The smallest absolute Gasteiger partial charge is 0.404 e. The second kappa shape index (κ2) is 4.71. The second-order valence-corrected chi connectivity index (χ2v) is 3.47. The highest BCUT2D eigenvalue weighted by molar-refractivity contribution is 5.38. The Morgan fingerprint density at radius 3 is 2.58 bits per heavy atom. The molecule has 7 nitrogen and oxygen atoms in total. The first-order valence-corrected chi connectivity index (χ1v) is 5.06. The average Bonchev–Trinajstić information content (AvgIpc) is 2.73. The van der Waals surface area contributed by atoms with E-state index in [2.05, 4.69) is 25.4 Å². The van der Waals surface area contributed by atoms with Gasteiger partial charge >= 0.3 is 12.2 Å². The zero-order chi connectivity index (χ0) is 14.0. The summed E-state index contributed by atoms with van der Waals surface area (Å²) < 4.78 is 44.1. The van der Waals surface area contributed by atoms with Gasteiger partial charge in [0.2, 0.25) is 11.7 Å². The largest absolute Gasteiger partial charge is 0.451 e. The van der Waals surface area contributed by atoms with Crippen LogP contribution in [0, 0.1) is 0 Å². The SMILES string of the molecule is CNc1cc(Oc2ncn(C)n2)nc(C(F)(F)F)n1. The molecule has 19 heavy (non-hydrogen) atoms. The summed E-state index contributed by atoms with van der Waals surface area (Å²) in [6, 6.07) is 1.11. The van der Waals surface area contributed by atoms with E-state index in [1.807, 2.05) is 0 Å². The van der Waals surface area contributed by atoms with Crippen LogP contribution in [0.25, 0.3) is 0 Å². The Balaban J connectivity index is 2.34. The fourth-order valence-corrected chi connectivity index (χ4v) is 1.19. The van der Waals surface area contributed by atoms with Crippen LogP contribution in [0.5, 0.6) is 11.9 Å². The predicted octanol–water partition coefficient (Wildman–Crippen LogP) is 1.46. The Labute approximate surface area is 105 Å². The summed E-state index contributed by atoms with van der Waals surface area (Å²) in [6.07, 6.45) is -3.32. The Bertz CT molecular complexity index is 582. The molecule has 0 saturated carbocycles. The maximum absolute atomic E-state index is 12.6. The van der Waals surface area contributed by atoms with Crippen molar-refractivity contribution in [1.29, 1.82) is 0 Å². The molecule has 0 saturated heterocycles. The summed E-state index contributed by atoms with van der Waals surface area (Å²) in [4.78, 5) is 10.3. The minimum Gasteiger partial charge on any atom is -0.404 e. The third-order valence-corrected chi connectivity index (χ3v) is 1.99. The number of aromatic nitrogens is 5. The highest BCUT2D eigenvalue weighted by atomic mass is 19.4. The number of alkyl halides is 3. The summed E-state index contributed by atoms with van der Waals surface area (Å²) in [5.74, 6) is -1.61. The lowest BCUT2D eigenvalue weighted by atomic mass is 10.5. The molecular weight excluding hydrogens is 265 g/mol. The number of ether oxygens (including phenoxy) is 1. The van der Waals surface area contributed by atoms with Crippen molar-refractivity contribution < 1.29 is 17.9 Å². The van der Waals surface area contributed by atoms with Gasteiger partial charge in [0.25, 0.3) is 0 Å². The van der Waals surface area contributed by atoms with Gasteiger partial charge in [0.15, 0.2) is 0 Å². The minimum absolute atomic E-state index is 0.0201. The van der Waals surface area contributed by atoms with Crippen LogP contribution in [0.15, 0.2) is 12.4 Å². The summed E-state index contributed by atoms with van der Waals surface area (Å²) in [5.41, 5.74) is 0. The quantitative estimate of drug-likeness (QED) is 0.913. The lowest BCUT2D eigenvalue weighted by molar-refractivity contribution is -0.145. The first kappa shape index (κ1) is 13.1. The van der Waals surface area contributed by atoms with E-state index in [-0.39, 0.29) is 17.7 Å². The average molecular weight is 274 g/mol. The highest BCUT2D eigenvalue weighted by Gasteiger charge is 2.35. The van der Waals surface area contributed by atoms with E-state index in [1.54, 1.807) is 7.05 Å². The van der Waals surface area contributed by atoms with Crippen LogP contribution in [0.3, 0.4) is 0 Å². The second-order valence-electron chi connectivity index (χ2n) is 3.47. The van der Waals surface area contributed by atoms with Gasteiger partial charge in [-0.1, -0.05) is 0 Å². The number of nitrogens with zero attached hydrogens (tertiary/aromatic N) is 5. The molecule has 1 N–H and O–H groups in total. The number of nitrogens with one attached hydrogen (secondary N) is 1. The van der Waals surface area contributed by atoms with Gasteiger partial charge in [-0.15, -0.1) is 5.10 Å². The molecule has 2 rings (SSSR count). The van der Waals surface area contributed by atoms with Crippen LogP contribution in [-0.2, 0) is 13.2 Å². The normalized spacial score (nSPS) is 11.4. The first-order chi connectivity index (χ1) is 8.88. The third-order valence-electron chi connectivity index (χ3n) is 1.99. The maximum Gasteiger partial charge on any atom is 0.451 e. The van der Waals surface area contributed by atoms with Gasteiger partial charge in [-0.05, 0) is 0 Å². The van der Waals surface area contributed by atoms with Crippen LogP contribution in [-0.4, -0.2) is 31.8 Å². The van der Waals surface area contributed by atoms with E-state index in [1.165, 1.54) is 24.1 Å². The standard InChI is InChI=1S/C9H9F3N6O/c1-13-5-3-6(16-7(15-5)9(10,11)12)19-8-14-4-18(2)17-8/h3-4H,1-2H3,(H,13,15,16). The van der Waals surface area contributed by atoms with Crippen molar-refractivity contribution in [1.82, 2.24) is 24.7 Å². The van der Waals surface area contributed by atoms with Gasteiger partial charge in [-0.3, -0.25) is 4.68 Å². The summed E-state index contributed by atoms with van der Waals surface area (Å²) >= 11 is 0. The van der Waals surface area contributed by atoms with Crippen molar-refractivity contribution in [3.05, 3.63) is 18.2 Å². The van der Waals surface area contributed by atoms with E-state index >= 15 is 0 Å². The minimum atomic E-state index is -4.66. The van der Waals surface area contributed by atoms with Crippen LogP contribution >= 0.6 is 0 Å². The summed E-state index contributed by atoms with van der Waals surface area (Å²) in [5, 5.41) is 6.27. The molecule has 102 valence electrons. The summed E-state index contributed by atoms with van der Waals surface area (Å²) in [6.45, 7) is 0. The summed E-state index contributed by atoms with van der Waals surface area (Å²) in [7, 11) is 3.03. The molecule has 0 aliphatic carbocycles. The Kier molecular flexibility index (Phi) is 3.23. The monoisotopic (exact) mass is 274 g/mol. The number of aryl methyl sites for hydroxylation is 1. The van der Waals surface area contributed by atoms with Crippen molar-refractivity contribution in [2.45, 2.75) is 6.18 Å². The molecule has 10 heteroatoms. The third kappa shape index (κ3) is 3.09. The van der Waals surface area contributed by atoms with Crippen LogP contribution in [0.1, 0.15) is 5.82 Å². The van der Waals surface area contributed by atoms with Gasteiger partial charge in [0.05, 0.1) is 0 Å². The van der Waals surface area contributed by atoms with Crippen LogP contribution in [0.2, 0.25) is 0 Å².